The zero-order valence-electron chi connectivity index (χ0n) is 21.8. The number of guanidine groups is 1. The SMILES string of the molecule is CC1(C)OC(CO)C([C@H](O)COC2CCN(CCCCN=C(N)NC(=O)c3nc(Cl)c(N)nc3N)CC2)O1. The minimum Gasteiger partial charge on any atom is -0.394 e. The number of anilines is 2. The van der Waals surface area contributed by atoms with Crippen molar-refractivity contribution in [1.29, 1.82) is 0 Å². The van der Waals surface area contributed by atoms with E-state index in [9.17, 15) is 15.0 Å². The number of halogens is 1. The Morgan fingerprint density at radius 2 is 1.97 bits per heavy atom. The fourth-order valence-electron chi connectivity index (χ4n) is 4.43. The van der Waals surface area contributed by atoms with Crippen molar-refractivity contribution in [3.05, 3.63) is 10.8 Å². The zero-order chi connectivity index (χ0) is 27.9. The molecule has 2 aliphatic heterocycles. The zero-order valence-corrected chi connectivity index (χ0v) is 22.6. The van der Waals surface area contributed by atoms with Crippen molar-refractivity contribution < 1.29 is 29.2 Å². The summed E-state index contributed by atoms with van der Waals surface area (Å²) in [5.41, 5.74) is 16.8. The van der Waals surface area contributed by atoms with Crippen LogP contribution >= 0.6 is 11.6 Å². The maximum Gasteiger partial charge on any atom is 0.280 e. The van der Waals surface area contributed by atoms with Crippen LogP contribution in [0.15, 0.2) is 4.99 Å². The minimum atomic E-state index is -0.876. The fraction of sp³-hybridized carbons (Fsp3) is 0.739. The van der Waals surface area contributed by atoms with Gasteiger partial charge in [0.05, 0.1) is 19.3 Å². The molecule has 3 heterocycles. The molecule has 0 bridgehead atoms. The first-order chi connectivity index (χ1) is 18.0. The number of hydrogen-bond acceptors (Lipinski definition) is 12. The van der Waals surface area contributed by atoms with Gasteiger partial charge in [-0.3, -0.25) is 15.1 Å². The Labute approximate surface area is 226 Å². The monoisotopic (exact) mass is 558 g/mol. The predicted molar refractivity (Wildman–Crippen MR) is 141 cm³/mol. The highest BCUT2D eigenvalue weighted by Gasteiger charge is 2.44. The molecule has 214 valence electrons. The van der Waals surface area contributed by atoms with Crippen molar-refractivity contribution in [3.63, 3.8) is 0 Å². The molecule has 3 rings (SSSR count). The van der Waals surface area contributed by atoms with E-state index in [0.29, 0.717) is 6.54 Å². The number of ether oxygens (including phenoxy) is 3. The van der Waals surface area contributed by atoms with Crippen LogP contribution in [-0.4, -0.2) is 107 Å². The summed E-state index contributed by atoms with van der Waals surface area (Å²) in [6.07, 6.45) is 1.43. The van der Waals surface area contributed by atoms with E-state index in [0.717, 1.165) is 45.3 Å². The van der Waals surface area contributed by atoms with Gasteiger partial charge < -0.3 is 46.5 Å². The molecule has 9 N–H and O–H groups in total. The van der Waals surface area contributed by atoms with Crippen molar-refractivity contribution in [2.45, 2.75) is 69.7 Å². The van der Waals surface area contributed by atoms with Crippen molar-refractivity contribution in [2.24, 2.45) is 10.7 Å². The predicted octanol–water partition coefficient (Wildman–Crippen LogP) is -0.527. The molecule has 2 fully saturated rings. The summed E-state index contributed by atoms with van der Waals surface area (Å²) in [5, 5.41) is 22.3. The van der Waals surface area contributed by atoms with Crippen molar-refractivity contribution in [2.75, 3.05) is 50.9 Å². The number of aromatic nitrogens is 2. The van der Waals surface area contributed by atoms with E-state index >= 15 is 0 Å². The van der Waals surface area contributed by atoms with Gasteiger partial charge in [0.2, 0.25) is 0 Å². The van der Waals surface area contributed by atoms with Crippen LogP contribution in [0.2, 0.25) is 5.15 Å². The number of rotatable bonds is 11. The van der Waals surface area contributed by atoms with Crippen LogP contribution in [0.25, 0.3) is 0 Å². The second kappa shape index (κ2) is 13.6. The smallest absolute Gasteiger partial charge is 0.280 e. The number of aliphatic imine (C=N–C) groups is 1. The van der Waals surface area contributed by atoms with E-state index in [1.807, 2.05) is 0 Å². The van der Waals surface area contributed by atoms with Crippen molar-refractivity contribution >= 4 is 35.1 Å². The highest BCUT2D eigenvalue weighted by molar-refractivity contribution is 6.31. The number of carbonyl (C=O) groups excluding carboxylic acids is 1. The van der Waals surface area contributed by atoms with Gasteiger partial charge in [0.25, 0.3) is 5.91 Å². The van der Waals surface area contributed by atoms with E-state index in [-0.39, 0.29) is 47.8 Å². The lowest BCUT2D eigenvalue weighted by Crippen LogP contribution is -2.42. The molecule has 0 aromatic carbocycles. The number of nitrogens with zero attached hydrogens (tertiary/aromatic N) is 4. The van der Waals surface area contributed by atoms with E-state index < -0.39 is 30.0 Å². The molecule has 38 heavy (non-hydrogen) atoms. The molecule has 14 nitrogen and oxygen atoms in total. The third-order valence-corrected chi connectivity index (χ3v) is 6.62. The van der Waals surface area contributed by atoms with Gasteiger partial charge in [-0.1, -0.05) is 11.6 Å². The number of carbonyl (C=O) groups is 1. The molecule has 1 aromatic rings. The molecule has 0 spiro atoms. The van der Waals surface area contributed by atoms with Gasteiger partial charge in [-0.2, -0.15) is 0 Å². The lowest BCUT2D eigenvalue weighted by molar-refractivity contribution is -0.162. The second-order valence-electron chi connectivity index (χ2n) is 9.82. The number of aliphatic hydroxyl groups is 2. The molecule has 15 heteroatoms. The third-order valence-electron chi connectivity index (χ3n) is 6.34. The Morgan fingerprint density at radius 1 is 1.26 bits per heavy atom. The molecule has 2 unspecified atom stereocenters. The van der Waals surface area contributed by atoms with E-state index in [4.69, 9.17) is 43.0 Å². The normalized spacial score (nSPS) is 23.4. The van der Waals surface area contributed by atoms with Gasteiger partial charge in [-0.25, -0.2) is 9.97 Å². The quantitative estimate of drug-likeness (QED) is 0.115. The number of piperidine rings is 1. The van der Waals surface area contributed by atoms with Gasteiger partial charge in [0.1, 0.15) is 18.3 Å². The number of nitrogens with two attached hydrogens (primary N) is 3. The maximum absolute atomic E-state index is 12.3. The Balaban J connectivity index is 1.29. The maximum atomic E-state index is 12.3. The first-order valence-electron chi connectivity index (χ1n) is 12.7. The topological polar surface area (TPSA) is 217 Å². The van der Waals surface area contributed by atoms with E-state index in [1.54, 1.807) is 13.8 Å². The first kappa shape index (κ1) is 30.2. The summed E-state index contributed by atoms with van der Waals surface area (Å²) in [7, 11) is 0. The highest BCUT2D eigenvalue weighted by atomic mass is 35.5. The van der Waals surface area contributed by atoms with Gasteiger partial charge in [0, 0.05) is 19.6 Å². The molecular formula is C23H39ClN8O6. The second-order valence-corrected chi connectivity index (χ2v) is 10.2. The molecule has 0 radical (unpaired) electrons. The van der Waals surface area contributed by atoms with Gasteiger partial charge in [-0.05, 0) is 46.1 Å². The number of likely N-dealkylation sites (tertiary alicyclic amines) is 1. The minimum absolute atomic E-state index is 0.0484. The Bertz CT molecular complexity index is 975. The van der Waals surface area contributed by atoms with Crippen LogP contribution < -0.4 is 22.5 Å². The van der Waals surface area contributed by atoms with Crippen LogP contribution in [0.1, 0.15) is 50.0 Å². The Kier molecular flexibility index (Phi) is 10.8. The molecule has 0 saturated carbocycles. The van der Waals surface area contributed by atoms with Gasteiger partial charge >= 0.3 is 0 Å². The molecule has 0 aliphatic carbocycles. The van der Waals surface area contributed by atoms with Crippen LogP contribution in [0.5, 0.6) is 0 Å². The summed E-state index contributed by atoms with van der Waals surface area (Å²) in [4.78, 5) is 26.4. The number of nitrogen functional groups attached to an aromatic ring is 2. The molecule has 1 aromatic heterocycles. The standard InChI is InChI=1S/C23H39ClN8O6/c1-23(2)37-15(11-33)17(38-23)14(34)12-36-13-5-9-32(10-6-13)8-4-3-7-28-22(27)31-21(35)16-19(25)30-20(26)18(24)29-16/h13-15,17,33-34H,3-12H2,1-2H3,(H4,25,26,30)(H3,27,28,31,35)/t14-,15?,17?/m1/s1. The third kappa shape index (κ3) is 8.59. The van der Waals surface area contributed by atoms with Gasteiger partial charge in [0.15, 0.2) is 34.2 Å². The number of nitrogens with one attached hydrogen (secondary N) is 1. The molecular weight excluding hydrogens is 520 g/mol. The average Bonchev–Trinajstić information content (AvgIpc) is 3.19. The van der Waals surface area contributed by atoms with E-state index in [1.165, 1.54) is 0 Å². The summed E-state index contributed by atoms with van der Waals surface area (Å²) in [6, 6.07) is 0. The molecule has 2 saturated heterocycles. The van der Waals surface area contributed by atoms with Crippen molar-refractivity contribution in [1.82, 2.24) is 20.2 Å². The fourth-order valence-corrected chi connectivity index (χ4v) is 4.56. The largest absolute Gasteiger partial charge is 0.394 e. The van der Waals surface area contributed by atoms with Crippen LogP contribution in [0.4, 0.5) is 11.6 Å². The molecule has 1 amide bonds. The summed E-state index contributed by atoms with van der Waals surface area (Å²) < 4.78 is 17.3. The Morgan fingerprint density at radius 3 is 2.66 bits per heavy atom. The first-order valence-corrected chi connectivity index (χ1v) is 13.0. The molecule has 3 atom stereocenters. The Hall–Kier alpha value is -2.33. The summed E-state index contributed by atoms with van der Waals surface area (Å²) >= 11 is 5.79. The van der Waals surface area contributed by atoms with Crippen molar-refractivity contribution in [3.8, 4) is 0 Å². The van der Waals surface area contributed by atoms with Crippen LogP contribution in [0.3, 0.4) is 0 Å². The lowest BCUT2D eigenvalue weighted by Gasteiger charge is -2.32. The van der Waals surface area contributed by atoms with Crippen LogP contribution in [-0.2, 0) is 14.2 Å². The van der Waals surface area contributed by atoms with E-state index in [2.05, 4.69) is 25.2 Å². The lowest BCUT2D eigenvalue weighted by atomic mass is 10.1. The number of aliphatic hydroxyl groups excluding tert-OH is 2. The average molecular weight is 559 g/mol. The number of amides is 1. The molecule has 2 aliphatic rings. The summed E-state index contributed by atoms with van der Waals surface area (Å²) in [5.74, 6) is -1.78. The summed E-state index contributed by atoms with van der Waals surface area (Å²) in [6.45, 7) is 6.56. The van der Waals surface area contributed by atoms with Crippen LogP contribution in [0, 0.1) is 0 Å². The highest BCUT2D eigenvalue weighted by Crippen LogP contribution is 2.30. The number of unbranched alkanes of at least 4 members (excludes halogenated alkanes) is 1. The number of hydrogen-bond donors (Lipinski definition) is 6. The van der Waals surface area contributed by atoms with Gasteiger partial charge in [-0.15, -0.1) is 0 Å².